The molecule has 0 saturated carbocycles. The van der Waals surface area contributed by atoms with Crippen LogP contribution in [0.1, 0.15) is 11.1 Å². The summed E-state index contributed by atoms with van der Waals surface area (Å²) >= 11 is 0. The predicted octanol–water partition coefficient (Wildman–Crippen LogP) is 3.08. The lowest BCUT2D eigenvalue weighted by Gasteiger charge is -2.03. The predicted molar refractivity (Wildman–Crippen MR) is 79.3 cm³/mol. The fraction of sp³-hybridized carbons (Fsp3) is 0.125. The van der Waals surface area contributed by atoms with Gasteiger partial charge in [0, 0.05) is 18.3 Å². The fourth-order valence-electron chi connectivity index (χ4n) is 2.05. The highest BCUT2D eigenvalue weighted by Gasteiger charge is 2.01. The Balaban J connectivity index is 1.60. The Kier molecular flexibility index (Phi) is 3.91. The number of halogens is 1. The number of nitrogens with one attached hydrogen (secondary N) is 1. The molecule has 0 radical (unpaired) electrons. The molecule has 106 valence electrons. The number of benzene rings is 1. The number of rotatable bonds is 5. The van der Waals surface area contributed by atoms with Crippen molar-refractivity contribution in [2.45, 2.75) is 13.1 Å². The second kappa shape index (κ2) is 6.17. The molecular weight excluding hydrogens is 267 g/mol. The molecule has 0 bridgehead atoms. The van der Waals surface area contributed by atoms with Crippen LogP contribution in [0.3, 0.4) is 0 Å². The number of hydrogen-bond acceptors (Lipinski definition) is 3. The Bertz CT molecular complexity index is 709. The lowest BCUT2D eigenvalue weighted by molar-refractivity contribution is 0.585. The van der Waals surface area contributed by atoms with E-state index in [9.17, 15) is 4.39 Å². The maximum atomic E-state index is 13.0. The van der Waals surface area contributed by atoms with Gasteiger partial charge in [-0.05, 0) is 17.7 Å². The van der Waals surface area contributed by atoms with Crippen LogP contribution in [-0.4, -0.2) is 14.8 Å². The molecule has 0 fully saturated rings. The highest BCUT2D eigenvalue weighted by atomic mass is 19.1. The van der Waals surface area contributed by atoms with E-state index in [2.05, 4.69) is 27.5 Å². The van der Waals surface area contributed by atoms with Crippen molar-refractivity contribution in [2.75, 3.05) is 5.32 Å². The fourth-order valence-corrected chi connectivity index (χ4v) is 2.05. The minimum Gasteiger partial charge on any atom is -0.366 e. The summed E-state index contributed by atoms with van der Waals surface area (Å²) in [6.07, 6.45) is 3.77. The van der Waals surface area contributed by atoms with Crippen LogP contribution in [0.5, 0.6) is 0 Å². The molecule has 2 heterocycles. The van der Waals surface area contributed by atoms with E-state index in [-0.39, 0.29) is 0 Å². The molecule has 0 atom stereocenters. The van der Waals surface area contributed by atoms with Gasteiger partial charge < -0.3 is 5.32 Å². The van der Waals surface area contributed by atoms with Crippen molar-refractivity contribution in [1.29, 1.82) is 0 Å². The standard InChI is InChI=1S/C16H15FN4/c17-15-7-4-8-16(20-15)18-9-14-10-19-21(12-14)11-13-5-2-1-3-6-13/h1-8,10,12H,9,11H2,(H,18,20). The molecule has 4 nitrogen and oxygen atoms in total. The van der Waals surface area contributed by atoms with Crippen molar-refractivity contribution in [1.82, 2.24) is 14.8 Å². The summed E-state index contributed by atoms with van der Waals surface area (Å²) in [5, 5.41) is 7.40. The first kappa shape index (κ1) is 13.3. The quantitative estimate of drug-likeness (QED) is 0.731. The lowest BCUT2D eigenvalue weighted by Crippen LogP contribution is -2.02. The van der Waals surface area contributed by atoms with Gasteiger partial charge in [-0.1, -0.05) is 36.4 Å². The van der Waals surface area contributed by atoms with Gasteiger partial charge in [0.25, 0.3) is 0 Å². The Labute approximate surface area is 122 Å². The zero-order chi connectivity index (χ0) is 14.5. The average molecular weight is 282 g/mol. The molecule has 0 aliphatic rings. The highest BCUT2D eigenvalue weighted by molar-refractivity contribution is 5.34. The lowest BCUT2D eigenvalue weighted by atomic mass is 10.2. The molecule has 0 spiro atoms. The summed E-state index contributed by atoms with van der Waals surface area (Å²) in [5.74, 6) is 0.0329. The summed E-state index contributed by atoms with van der Waals surface area (Å²) in [5.41, 5.74) is 2.23. The van der Waals surface area contributed by atoms with Crippen LogP contribution in [0.25, 0.3) is 0 Å². The van der Waals surface area contributed by atoms with Gasteiger partial charge in [-0.3, -0.25) is 4.68 Å². The van der Waals surface area contributed by atoms with Crippen molar-refractivity contribution in [3.63, 3.8) is 0 Å². The normalized spacial score (nSPS) is 10.5. The SMILES string of the molecule is Fc1cccc(NCc2cnn(Cc3ccccc3)c2)n1. The van der Waals surface area contributed by atoms with Crippen LogP contribution in [0.15, 0.2) is 60.9 Å². The Morgan fingerprint density at radius 3 is 2.67 bits per heavy atom. The third kappa shape index (κ3) is 3.66. The molecule has 21 heavy (non-hydrogen) atoms. The maximum Gasteiger partial charge on any atom is 0.214 e. The van der Waals surface area contributed by atoms with E-state index in [1.165, 1.54) is 11.6 Å². The molecule has 1 aromatic carbocycles. The summed E-state index contributed by atoms with van der Waals surface area (Å²) < 4.78 is 14.9. The number of anilines is 1. The van der Waals surface area contributed by atoms with Crippen LogP contribution in [0.2, 0.25) is 0 Å². The molecular formula is C16H15FN4. The zero-order valence-corrected chi connectivity index (χ0v) is 11.4. The first-order valence-corrected chi connectivity index (χ1v) is 6.71. The van der Waals surface area contributed by atoms with Crippen molar-refractivity contribution in [3.05, 3.63) is 78.0 Å². The smallest absolute Gasteiger partial charge is 0.214 e. The van der Waals surface area contributed by atoms with Crippen LogP contribution in [0.4, 0.5) is 10.2 Å². The zero-order valence-electron chi connectivity index (χ0n) is 11.4. The molecule has 0 saturated heterocycles. The molecule has 0 aliphatic carbocycles. The van der Waals surface area contributed by atoms with Crippen molar-refractivity contribution < 1.29 is 4.39 Å². The molecule has 0 amide bonds. The topological polar surface area (TPSA) is 42.7 Å². The third-order valence-electron chi connectivity index (χ3n) is 3.06. The number of aromatic nitrogens is 3. The van der Waals surface area contributed by atoms with E-state index in [0.29, 0.717) is 12.4 Å². The second-order valence-corrected chi connectivity index (χ2v) is 4.73. The molecule has 5 heteroatoms. The van der Waals surface area contributed by atoms with E-state index < -0.39 is 5.95 Å². The number of pyridine rings is 1. The van der Waals surface area contributed by atoms with Gasteiger partial charge in [0.05, 0.1) is 12.7 Å². The summed E-state index contributed by atoms with van der Waals surface area (Å²) in [7, 11) is 0. The van der Waals surface area contributed by atoms with Gasteiger partial charge in [0.1, 0.15) is 5.82 Å². The van der Waals surface area contributed by atoms with Crippen molar-refractivity contribution in [2.24, 2.45) is 0 Å². The van der Waals surface area contributed by atoms with Crippen LogP contribution < -0.4 is 5.32 Å². The average Bonchev–Trinajstić information content (AvgIpc) is 2.94. The van der Waals surface area contributed by atoms with E-state index >= 15 is 0 Å². The first-order valence-electron chi connectivity index (χ1n) is 6.71. The molecule has 3 aromatic rings. The van der Waals surface area contributed by atoms with Gasteiger partial charge in [-0.15, -0.1) is 0 Å². The van der Waals surface area contributed by atoms with Gasteiger partial charge in [-0.25, -0.2) is 4.98 Å². The first-order chi connectivity index (χ1) is 10.3. The van der Waals surface area contributed by atoms with E-state index in [1.807, 2.05) is 29.1 Å². The van der Waals surface area contributed by atoms with Crippen LogP contribution in [-0.2, 0) is 13.1 Å². The summed E-state index contributed by atoms with van der Waals surface area (Å²) in [6.45, 7) is 1.30. The Morgan fingerprint density at radius 1 is 1.00 bits per heavy atom. The van der Waals surface area contributed by atoms with E-state index in [1.54, 1.807) is 18.3 Å². The molecule has 2 aromatic heterocycles. The number of hydrogen-bond donors (Lipinski definition) is 1. The highest BCUT2D eigenvalue weighted by Crippen LogP contribution is 2.08. The van der Waals surface area contributed by atoms with E-state index in [4.69, 9.17) is 0 Å². The number of nitrogens with zero attached hydrogens (tertiary/aromatic N) is 3. The van der Waals surface area contributed by atoms with E-state index in [0.717, 1.165) is 12.1 Å². The largest absolute Gasteiger partial charge is 0.366 e. The minimum atomic E-state index is -0.486. The van der Waals surface area contributed by atoms with Gasteiger partial charge >= 0.3 is 0 Å². The van der Waals surface area contributed by atoms with Gasteiger partial charge in [0.15, 0.2) is 0 Å². The summed E-state index contributed by atoms with van der Waals surface area (Å²) in [6, 6.07) is 14.8. The van der Waals surface area contributed by atoms with Gasteiger partial charge in [-0.2, -0.15) is 9.49 Å². The monoisotopic (exact) mass is 282 g/mol. The van der Waals surface area contributed by atoms with Crippen LogP contribution in [0, 0.1) is 5.95 Å². The second-order valence-electron chi connectivity index (χ2n) is 4.73. The molecule has 1 N–H and O–H groups in total. The molecule has 3 rings (SSSR count). The summed E-state index contributed by atoms with van der Waals surface area (Å²) in [4.78, 5) is 3.76. The minimum absolute atomic E-state index is 0.486. The third-order valence-corrected chi connectivity index (χ3v) is 3.06. The van der Waals surface area contributed by atoms with Crippen molar-refractivity contribution in [3.8, 4) is 0 Å². The Morgan fingerprint density at radius 2 is 1.86 bits per heavy atom. The van der Waals surface area contributed by atoms with Crippen molar-refractivity contribution >= 4 is 5.82 Å². The maximum absolute atomic E-state index is 13.0. The Hall–Kier alpha value is -2.69. The van der Waals surface area contributed by atoms with Gasteiger partial charge in [0.2, 0.25) is 5.95 Å². The molecule has 0 unspecified atom stereocenters. The molecule has 0 aliphatic heterocycles. The van der Waals surface area contributed by atoms with Crippen LogP contribution >= 0.6 is 0 Å².